The topological polar surface area (TPSA) is 73.1 Å². The molecule has 2 rings (SSSR count). The minimum atomic E-state index is 0.445. The van der Waals surface area contributed by atoms with E-state index in [1.54, 1.807) is 7.11 Å². The third-order valence-electron chi connectivity index (χ3n) is 2.67. The second-order valence-electron chi connectivity index (χ2n) is 4.07. The van der Waals surface area contributed by atoms with Crippen molar-refractivity contribution >= 4 is 22.7 Å². The van der Waals surface area contributed by atoms with Gasteiger partial charge in [0.25, 0.3) is 0 Å². The molecule has 0 saturated carbocycles. The van der Waals surface area contributed by atoms with Crippen molar-refractivity contribution < 1.29 is 4.74 Å². The molecule has 0 fully saturated rings. The van der Waals surface area contributed by atoms with Gasteiger partial charge in [-0.05, 0) is 25.0 Å². The summed E-state index contributed by atoms with van der Waals surface area (Å²) in [4.78, 5) is 8.78. The lowest BCUT2D eigenvalue weighted by molar-refractivity contribution is 0.194. The molecule has 0 aliphatic rings. The largest absolute Gasteiger partial charge is 0.385 e. The molecule has 0 saturated heterocycles. The van der Waals surface area contributed by atoms with Crippen LogP contribution >= 0.6 is 0 Å². The summed E-state index contributed by atoms with van der Waals surface area (Å²) >= 11 is 0. The fraction of sp³-hybridized carbons (Fsp3) is 0.385. The Morgan fingerprint density at radius 2 is 1.89 bits per heavy atom. The number of ether oxygens (including phenoxy) is 1. The third-order valence-corrected chi connectivity index (χ3v) is 2.67. The van der Waals surface area contributed by atoms with Gasteiger partial charge >= 0.3 is 0 Å². The number of anilines is 2. The quantitative estimate of drug-likeness (QED) is 0.763. The fourth-order valence-corrected chi connectivity index (χ4v) is 1.72. The van der Waals surface area contributed by atoms with E-state index >= 15 is 0 Å². The number of nitrogens with one attached hydrogen (secondary N) is 1. The number of methoxy groups -OCH3 is 1. The van der Waals surface area contributed by atoms with E-state index in [0.717, 1.165) is 37.0 Å². The van der Waals surface area contributed by atoms with Crippen LogP contribution in [-0.4, -0.2) is 30.2 Å². The molecule has 96 valence electrons. The molecule has 0 unspecified atom stereocenters. The van der Waals surface area contributed by atoms with Crippen molar-refractivity contribution in [2.24, 2.45) is 0 Å². The van der Waals surface area contributed by atoms with Crippen LogP contribution in [0.2, 0.25) is 0 Å². The van der Waals surface area contributed by atoms with Crippen LogP contribution < -0.4 is 11.1 Å². The van der Waals surface area contributed by atoms with Crippen LogP contribution in [0.1, 0.15) is 12.8 Å². The van der Waals surface area contributed by atoms with E-state index in [1.165, 1.54) is 0 Å². The first-order valence-corrected chi connectivity index (χ1v) is 6.06. The van der Waals surface area contributed by atoms with Crippen molar-refractivity contribution in [3.8, 4) is 0 Å². The van der Waals surface area contributed by atoms with Crippen molar-refractivity contribution in [1.82, 2.24) is 9.97 Å². The summed E-state index contributed by atoms with van der Waals surface area (Å²) in [6, 6.07) is 7.70. The van der Waals surface area contributed by atoms with Crippen molar-refractivity contribution in [2.75, 3.05) is 31.3 Å². The molecule has 2 aromatic rings. The summed E-state index contributed by atoms with van der Waals surface area (Å²) in [6.45, 7) is 1.60. The van der Waals surface area contributed by atoms with Gasteiger partial charge in [0.05, 0.1) is 11.0 Å². The molecule has 5 nitrogen and oxygen atoms in total. The van der Waals surface area contributed by atoms with Gasteiger partial charge in [-0.2, -0.15) is 0 Å². The van der Waals surface area contributed by atoms with E-state index in [-0.39, 0.29) is 0 Å². The van der Waals surface area contributed by atoms with E-state index < -0.39 is 0 Å². The number of fused-ring (bicyclic) bond motifs is 1. The normalized spacial score (nSPS) is 10.7. The number of nitrogen functional groups attached to an aromatic ring is 1. The highest BCUT2D eigenvalue weighted by molar-refractivity contribution is 5.79. The summed E-state index contributed by atoms with van der Waals surface area (Å²) in [5.74, 6) is 1.10. The average molecular weight is 246 g/mol. The van der Waals surface area contributed by atoms with E-state index in [9.17, 15) is 0 Å². The number of nitrogens with two attached hydrogens (primary N) is 1. The Morgan fingerprint density at radius 3 is 2.61 bits per heavy atom. The van der Waals surface area contributed by atoms with Gasteiger partial charge in [0, 0.05) is 20.3 Å². The summed E-state index contributed by atoms with van der Waals surface area (Å²) in [6.07, 6.45) is 2.03. The third kappa shape index (κ3) is 3.07. The molecule has 3 N–H and O–H groups in total. The van der Waals surface area contributed by atoms with E-state index in [0.29, 0.717) is 11.6 Å². The lowest BCUT2D eigenvalue weighted by Crippen LogP contribution is -2.08. The van der Waals surface area contributed by atoms with Crippen molar-refractivity contribution in [1.29, 1.82) is 0 Å². The molecular weight excluding hydrogens is 228 g/mol. The number of unbranched alkanes of at least 4 members (excludes halogenated alkanes) is 1. The van der Waals surface area contributed by atoms with Crippen molar-refractivity contribution in [2.45, 2.75) is 12.8 Å². The molecule has 0 radical (unpaired) electrons. The first-order valence-electron chi connectivity index (χ1n) is 6.06. The Hall–Kier alpha value is -1.88. The summed E-state index contributed by atoms with van der Waals surface area (Å²) in [5.41, 5.74) is 7.54. The van der Waals surface area contributed by atoms with Crippen LogP contribution in [0.3, 0.4) is 0 Å². The summed E-state index contributed by atoms with van der Waals surface area (Å²) in [7, 11) is 1.71. The molecule has 0 spiro atoms. The number of aromatic nitrogens is 2. The minimum absolute atomic E-state index is 0.445. The number of para-hydroxylation sites is 2. The number of nitrogens with zero attached hydrogens (tertiary/aromatic N) is 2. The monoisotopic (exact) mass is 246 g/mol. The van der Waals surface area contributed by atoms with Crippen molar-refractivity contribution in [3.63, 3.8) is 0 Å². The zero-order valence-corrected chi connectivity index (χ0v) is 10.5. The maximum absolute atomic E-state index is 5.87. The summed E-state index contributed by atoms with van der Waals surface area (Å²) in [5, 5.41) is 3.21. The Morgan fingerprint density at radius 1 is 1.17 bits per heavy atom. The van der Waals surface area contributed by atoms with Crippen LogP contribution in [0.5, 0.6) is 0 Å². The van der Waals surface area contributed by atoms with Gasteiger partial charge in [0.1, 0.15) is 0 Å². The first kappa shape index (κ1) is 12.6. The van der Waals surface area contributed by atoms with Crippen molar-refractivity contribution in [3.05, 3.63) is 24.3 Å². The molecule has 0 atom stereocenters. The molecule has 5 heteroatoms. The number of hydrogen-bond acceptors (Lipinski definition) is 5. The molecule has 18 heavy (non-hydrogen) atoms. The lowest BCUT2D eigenvalue weighted by Gasteiger charge is -2.08. The second-order valence-corrected chi connectivity index (χ2v) is 4.07. The second kappa shape index (κ2) is 6.16. The Labute approximate surface area is 106 Å². The first-order chi connectivity index (χ1) is 8.81. The predicted molar refractivity (Wildman–Crippen MR) is 73.6 cm³/mol. The highest BCUT2D eigenvalue weighted by Gasteiger charge is 2.04. The minimum Gasteiger partial charge on any atom is -0.385 e. The molecule has 0 bridgehead atoms. The van der Waals surface area contributed by atoms with Crippen LogP contribution in [0.15, 0.2) is 24.3 Å². The number of rotatable bonds is 6. The van der Waals surface area contributed by atoms with Gasteiger partial charge < -0.3 is 15.8 Å². The lowest BCUT2D eigenvalue weighted by atomic mass is 10.3. The van der Waals surface area contributed by atoms with E-state index in [1.807, 2.05) is 24.3 Å². The predicted octanol–water partition coefficient (Wildman–Crippen LogP) is 2.05. The van der Waals surface area contributed by atoms with E-state index in [4.69, 9.17) is 10.5 Å². The Bertz CT molecular complexity index is 515. The SMILES string of the molecule is COCCCCNc1nc2ccccc2nc1N. The molecule has 0 aliphatic carbocycles. The highest BCUT2D eigenvalue weighted by Crippen LogP contribution is 2.18. The Balaban J connectivity index is 2.01. The van der Waals surface area contributed by atoms with Gasteiger partial charge in [-0.3, -0.25) is 0 Å². The number of benzene rings is 1. The number of hydrogen-bond donors (Lipinski definition) is 2. The van der Waals surface area contributed by atoms with Gasteiger partial charge in [0.2, 0.25) is 0 Å². The van der Waals surface area contributed by atoms with E-state index in [2.05, 4.69) is 15.3 Å². The zero-order chi connectivity index (χ0) is 12.8. The fourth-order valence-electron chi connectivity index (χ4n) is 1.72. The summed E-state index contributed by atoms with van der Waals surface area (Å²) < 4.78 is 5.00. The molecule has 1 aromatic heterocycles. The maximum atomic E-state index is 5.87. The van der Waals surface area contributed by atoms with Gasteiger partial charge in [-0.15, -0.1) is 0 Å². The average Bonchev–Trinajstić information content (AvgIpc) is 2.39. The molecule has 1 heterocycles. The van der Waals surface area contributed by atoms with Gasteiger partial charge in [0.15, 0.2) is 11.6 Å². The molecular formula is C13H18N4O. The zero-order valence-electron chi connectivity index (χ0n) is 10.5. The Kier molecular flexibility index (Phi) is 4.30. The van der Waals surface area contributed by atoms with Crippen LogP contribution in [0, 0.1) is 0 Å². The van der Waals surface area contributed by atoms with Crippen LogP contribution in [0.4, 0.5) is 11.6 Å². The molecule has 0 aliphatic heterocycles. The van der Waals surface area contributed by atoms with Crippen LogP contribution in [0.25, 0.3) is 11.0 Å². The van der Waals surface area contributed by atoms with Crippen LogP contribution in [-0.2, 0) is 4.74 Å². The standard InChI is InChI=1S/C13H18N4O/c1-18-9-5-4-8-15-13-12(14)16-10-6-2-3-7-11(10)17-13/h2-3,6-7H,4-5,8-9H2,1H3,(H2,14,16)(H,15,17). The van der Waals surface area contributed by atoms with Gasteiger partial charge in [-0.25, -0.2) is 9.97 Å². The smallest absolute Gasteiger partial charge is 0.169 e. The van der Waals surface area contributed by atoms with Gasteiger partial charge in [-0.1, -0.05) is 12.1 Å². The molecule has 0 amide bonds. The maximum Gasteiger partial charge on any atom is 0.169 e. The molecule has 1 aromatic carbocycles. The highest BCUT2D eigenvalue weighted by atomic mass is 16.5.